The van der Waals surface area contributed by atoms with Gasteiger partial charge in [-0.3, -0.25) is 14.7 Å². The molecule has 0 saturated carbocycles. The molecule has 3 fully saturated rings. The molecule has 6 atom stereocenters. The molecule has 7 heteroatoms. The number of nitrogens with zero attached hydrogens (tertiary/aromatic N) is 3. The van der Waals surface area contributed by atoms with Gasteiger partial charge in [0.1, 0.15) is 11.5 Å². The number of aliphatic hydroxyl groups is 1. The van der Waals surface area contributed by atoms with Crippen LogP contribution in [-0.2, 0) is 4.79 Å². The minimum absolute atomic E-state index is 0.0230. The van der Waals surface area contributed by atoms with Crippen molar-refractivity contribution in [2.45, 2.75) is 88.3 Å². The van der Waals surface area contributed by atoms with Gasteiger partial charge in [0.2, 0.25) is 0 Å². The topological polar surface area (TPSA) is 92.7 Å². The highest BCUT2D eigenvalue weighted by Gasteiger charge is 2.66. The third kappa shape index (κ3) is 4.41. The number of hydrogen-bond donors (Lipinski definition) is 3. The Morgan fingerprint density at radius 3 is 2.77 bits per heavy atom. The van der Waals surface area contributed by atoms with Gasteiger partial charge in [0.25, 0.3) is 0 Å². The molecule has 3 saturated heterocycles. The Labute approximate surface area is 253 Å². The van der Waals surface area contributed by atoms with Gasteiger partial charge in [-0.25, -0.2) is 0 Å². The highest BCUT2D eigenvalue weighted by Crippen LogP contribution is 2.62. The van der Waals surface area contributed by atoms with Crippen molar-refractivity contribution in [3.63, 3.8) is 0 Å². The van der Waals surface area contributed by atoms with Gasteiger partial charge in [-0.15, -0.1) is 0 Å². The first-order valence-electron chi connectivity index (χ1n) is 16.7. The van der Waals surface area contributed by atoms with E-state index in [0.29, 0.717) is 31.1 Å². The predicted octanol–water partition coefficient (Wildman–Crippen LogP) is 5.96. The first kappa shape index (κ1) is 27.5. The van der Waals surface area contributed by atoms with Crippen LogP contribution < -0.4 is 0 Å². The summed E-state index contributed by atoms with van der Waals surface area (Å²) < 4.78 is 0. The van der Waals surface area contributed by atoms with Crippen molar-refractivity contribution in [1.29, 1.82) is 0 Å². The number of fused-ring (bicyclic) bond motifs is 5. The lowest BCUT2D eigenvalue weighted by molar-refractivity contribution is -0.120. The molecule has 6 heterocycles. The van der Waals surface area contributed by atoms with E-state index in [-0.39, 0.29) is 23.1 Å². The normalized spacial score (nSPS) is 36.1. The average Bonchev–Trinajstić information content (AvgIpc) is 3.52. The van der Waals surface area contributed by atoms with E-state index in [9.17, 15) is 15.0 Å². The molecule has 4 aliphatic heterocycles. The van der Waals surface area contributed by atoms with Crippen LogP contribution in [0.2, 0.25) is 0 Å². The first-order valence-corrected chi connectivity index (χ1v) is 16.7. The van der Waals surface area contributed by atoms with E-state index in [1.165, 1.54) is 18.4 Å². The summed E-state index contributed by atoms with van der Waals surface area (Å²) in [7, 11) is 0. The summed E-state index contributed by atoms with van der Waals surface area (Å²) in [6.07, 6.45) is 18.9. The number of carbonyl (C=O) groups is 1. The zero-order valence-electron chi connectivity index (χ0n) is 25.1. The van der Waals surface area contributed by atoms with E-state index in [1.54, 1.807) is 6.07 Å². The number of H-pyrrole nitrogens is 1. The second-order valence-corrected chi connectivity index (χ2v) is 14.0. The highest BCUT2D eigenvalue weighted by atomic mass is 16.3. The lowest BCUT2D eigenvalue weighted by Crippen LogP contribution is -2.65. The van der Waals surface area contributed by atoms with Crippen molar-refractivity contribution in [2.24, 2.45) is 11.3 Å². The number of phenols is 1. The number of allylic oxidation sites excluding steroid dienone is 3. The fraction of sp³-hybridized carbons (Fsp3) is 0.556. The van der Waals surface area contributed by atoms with Crippen LogP contribution in [0.3, 0.4) is 0 Å². The second-order valence-electron chi connectivity index (χ2n) is 14.0. The predicted molar refractivity (Wildman–Crippen MR) is 170 cm³/mol. The number of carbonyl (C=O) groups excluding carboxylic acids is 1. The third-order valence-corrected chi connectivity index (χ3v) is 11.6. The first-order chi connectivity index (χ1) is 21.0. The summed E-state index contributed by atoms with van der Waals surface area (Å²) in [5.41, 5.74) is 2.63. The molecular weight excluding hydrogens is 536 g/mol. The zero-order valence-corrected chi connectivity index (χ0v) is 25.1. The molecule has 8 rings (SSSR count). The Morgan fingerprint density at radius 2 is 1.84 bits per heavy atom. The van der Waals surface area contributed by atoms with Gasteiger partial charge >= 0.3 is 0 Å². The maximum absolute atomic E-state index is 13.1. The van der Waals surface area contributed by atoms with Crippen LogP contribution in [0.1, 0.15) is 76.3 Å². The Bertz CT molecular complexity index is 1630. The van der Waals surface area contributed by atoms with Gasteiger partial charge in [-0.2, -0.15) is 0 Å². The molecule has 7 nitrogen and oxygen atoms in total. The Balaban J connectivity index is 1.34. The Hall–Kier alpha value is -3.00. The summed E-state index contributed by atoms with van der Waals surface area (Å²) in [4.78, 5) is 26.5. The Kier molecular flexibility index (Phi) is 6.77. The number of hydrogen-bond acceptors (Lipinski definition) is 6. The van der Waals surface area contributed by atoms with Crippen LogP contribution in [-0.4, -0.2) is 79.6 Å². The van der Waals surface area contributed by atoms with E-state index in [1.807, 2.05) is 18.3 Å². The summed E-state index contributed by atoms with van der Waals surface area (Å²) in [6.45, 7) is 4.02. The van der Waals surface area contributed by atoms with Crippen LogP contribution >= 0.6 is 0 Å². The molecule has 3 N–H and O–H groups in total. The molecule has 3 aromatic rings. The van der Waals surface area contributed by atoms with E-state index in [4.69, 9.17) is 4.98 Å². The molecule has 0 amide bonds. The highest BCUT2D eigenvalue weighted by molar-refractivity contribution is 6.11. The molecule has 1 aliphatic carbocycles. The number of Topliss-reactive ketones (excluding diaryl/α,β-unsaturated/α-hetero) is 1. The molecule has 2 aromatic heterocycles. The molecule has 5 aliphatic rings. The second kappa shape index (κ2) is 10.6. The number of aromatic hydroxyl groups is 1. The largest absolute Gasteiger partial charge is 0.506 e. The summed E-state index contributed by atoms with van der Waals surface area (Å²) in [6, 6.07) is 8.04. The minimum Gasteiger partial charge on any atom is -0.506 e. The van der Waals surface area contributed by atoms with Crippen molar-refractivity contribution in [3.8, 4) is 5.75 Å². The molecule has 3 bridgehead atoms. The average molecular weight is 581 g/mol. The van der Waals surface area contributed by atoms with E-state index < -0.39 is 5.60 Å². The molecule has 1 aromatic carbocycles. The number of para-hydroxylation sites is 1. The number of pyridine rings is 1. The molecule has 1 spiro atoms. The van der Waals surface area contributed by atoms with Gasteiger partial charge in [0.05, 0.1) is 22.3 Å². The SMILES string of the molecule is O=C1CCCN2[C@@H](CC1)C[C@]13CN4CCCC/C=C\CC[C@@](O)(C=C(c5nccc6c5[nH]c5c(O)cccc56)[C@@H]1CC4)[C@H]23. The standard InChI is InChI=1S/C36H44N4O3/c41-25-9-8-19-40-24(12-13-25)21-35-23-39-18-6-4-2-1-3-5-16-36(43,34(35)40)22-28(29(35)15-20-39)32-33-27(14-17-37-32)26-10-7-11-30(42)31(26)38-33/h1,3,7,10-11,14,17,22,24,29,34,38,42-43H,2,4-6,8-9,12-13,15-16,18-21,23H2/b3-1-/t24-,29-,34+,35-,36+/m0/s1. The number of benzene rings is 1. The maximum Gasteiger partial charge on any atom is 0.139 e. The van der Waals surface area contributed by atoms with Crippen molar-refractivity contribution in [1.82, 2.24) is 19.8 Å². The maximum atomic E-state index is 13.1. The van der Waals surface area contributed by atoms with Crippen molar-refractivity contribution >= 4 is 33.2 Å². The minimum atomic E-state index is -1.01. The van der Waals surface area contributed by atoms with E-state index >= 15 is 0 Å². The van der Waals surface area contributed by atoms with Crippen LogP contribution in [0, 0.1) is 11.3 Å². The zero-order chi connectivity index (χ0) is 29.2. The molecule has 43 heavy (non-hydrogen) atoms. The van der Waals surface area contributed by atoms with Crippen LogP contribution in [0.4, 0.5) is 0 Å². The number of aromatic amines is 1. The number of rotatable bonds is 1. The molecule has 0 radical (unpaired) electrons. The molecule has 226 valence electrons. The number of aromatic nitrogens is 2. The Morgan fingerprint density at radius 1 is 0.953 bits per heavy atom. The van der Waals surface area contributed by atoms with Crippen molar-refractivity contribution in [2.75, 3.05) is 26.2 Å². The van der Waals surface area contributed by atoms with Crippen LogP contribution in [0.25, 0.3) is 27.4 Å². The molecule has 1 unspecified atom stereocenters. The lowest BCUT2D eigenvalue weighted by atomic mass is 9.54. The van der Waals surface area contributed by atoms with Crippen molar-refractivity contribution < 1.29 is 15.0 Å². The lowest BCUT2D eigenvalue weighted by Gasteiger charge is -2.58. The van der Waals surface area contributed by atoms with Gasteiger partial charge in [-0.05, 0) is 107 Å². The van der Waals surface area contributed by atoms with Crippen molar-refractivity contribution in [3.05, 3.63) is 54.4 Å². The van der Waals surface area contributed by atoms with E-state index in [2.05, 4.69) is 39.1 Å². The summed E-state index contributed by atoms with van der Waals surface area (Å²) >= 11 is 0. The third-order valence-electron chi connectivity index (χ3n) is 11.6. The fourth-order valence-corrected chi connectivity index (χ4v) is 9.92. The number of piperidine rings is 1. The van der Waals surface area contributed by atoms with Crippen LogP contribution in [0.5, 0.6) is 5.75 Å². The van der Waals surface area contributed by atoms with E-state index in [0.717, 1.165) is 92.2 Å². The smallest absolute Gasteiger partial charge is 0.139 e. The number of phenolic OH excluding ortho intramolecular Hbond substituents is 1. The fourth-order valence-electron chi connectivity index (χ4n) is 9.92. The number of ketones is 1. The van der Waals surface area contributed by atoms with Gasteiger partial charge in [0, 0.05) is 53.9 Å². The monoisotopic (exact) mass is 580 g/mol. The molecular formula is C36H44N4O3. The number of nitrogens with one attached hydrogen (secondary N) is 1. The van der Waals surface area contributed by atoms with Gasteiger partial charge in [-0.1, -0.05) is 24.3 Å². The summed E-state index contributed by atoms with van der Waals surface area (Å²) in [5.74, 6) is 0.898. The quantitative estimate of drug-likeness (QED) is 0.308. The van der Waals surface area contributed by atoms with Gasteiger partial charge < -0.3 is 20.1 Å². The van der Waals surface area contributed by atoms with Crippen LogP contribution in [0.15, 0.2) is 48.7 Å². The summed E-state index contributed by atoms with van der Waals surface area (Å²) in [5, 5.41) is 25.8. The van der Waals surface area contributed by atoms with Gasteiger partial charge in [0.15, 0.2) is 0 Å².